The summed E-state index contributed by atoms with van der Waals surface area (Å²) in [6.07, 6.45) is -0.144. The number of methoxy groups -OCH3 is 1. The molecule has 30 heavy (non-hydrogen) atoms. The van der Waals surface area contributed by atoms with Crippen molar-refractivity contribution >= 4 is 11.9 Å². The van der Waals surface area contributed by atoms with E-state index in [9.17, 15) is 9.59 Å². The number of aliphatic hydroxyl groups is 3. The van der Waals surface area contributed by atoms with Crippen LogP contribution in [0.25, 0.3) is 0 Å². The van der Waals surface area contributed by atoms with E-state index in [4.69, 9.17) is 30.3 Å². The summed E-state index contributed by atoms with van der Waals surface area (Å²) in [5, 5.41) is 41.8. The minimum absolute atomic E-state index is 0.137. The van der Waals surface area contributed by atoms with E-state index in [-0.39, 0.29) is 30.7 Å². The van der Waals surface area contributed by atoms with Crippen molar-refractivity contribution in [2.75, 3.05) is 26.9 Å². The summed E-state index contributed by atoms with van der Waals surface area (Å²) in [6, 6.07) is 11.9. The lowest BCUT2D eigenvalue weighted by Crippen LogP contribution is -2.15. The second-order valence-corrected chi connectivity index (χ2v) is 5.74. The number of rotatable bonds is 6. The molecule has 2 aromatic carbocycles. The van der Waals surface area contributed by atoms with Crippen molar-refractivity contribution in [3.63, 3.8) is 0 Å². The van der Waals surface area contributed by atoms with Crippen molar-refractivity contribution in [2.45, 2.75) is 19.4 Å². The Morgan fingerprint density at radius 1 is 0.833 bits per heavy atom. The van der Waals surface area contributed by atoms with Crippen LogP contribution in [0.2, 0.25) is 0 Å². The molecule has 5 N–H and O–H groups in total. The van der Waals surface area contributed by atoms with Crippen LogP contribution in [-0.2, 0) is 9.47 Å². The number of carbonyl (C=O) groups is 2. The zero-order valence-corrected chi connectivity index (χ0v) is 16.9. The van der Waals surface area contributed by atoms with Crippen LogP contribution in [0.3, 0.4) is 0 Å². The lowest BCUT2D eigenvalue weighted by Gasteiger charge is -2.02. The molecular formula is C21H28O9. The third-order valence-electron chi connectivity index (χ3n) is 3.25. The van der Waals surface area contributed by atoms with E-state index in [1.54, 1.807) is 0 Å². The first-order valence-corrected chi connectivity index (χ1v) is 9.02. The van der Waals surface area contributed by atoms with Crippen molar-refractivity contribution in [1.82, 2.24) is 0 Å². The van der Waals surface area contributed by atoms with Crippen LogP contribution in [0.15, 0.2) is 48.5 Å². The summed E-state index contributed by atoms with van der Waals surface area (Å²) >= 11 is 0. The molecule has 2 aromatic rings. The Labute approximate surface area is 174 Å². The SMILES string of the molecule is CCCOC(=O)c1ccc(O)cc1.COC(=O)c1ccc(O)cc1.OCC(O)CO. The third-order valence-corrected chi connectivity index (χ3v) is 3.25. The predicted octanol–water partition coefficient (Wildman–Crippen LogP) is 1.47. The van der Waals surface area contributed by atoms with E-state index in [1.807, 2.05) is 6.92 Å². The summed E-state index contributed by atoms with van der Waals surface area (Å²) < 4.78 is 9.35. The summed E-state index contributed by atoms with van der Waals surface area (Å²) in [7, 11) is 1.31. The number of esters is 2. The first-order chi connectivity index (χ1) is 14.3. The largest absolute Gasteiger partial charge is 0.508 e. The van der Waals surface area contributed by atoms with Crippen molar-refractivity contribution in [1.29, 1.82) is 0 Å². The molecule has 166 valence electrons. The summed E-state index contributed by atoms with van der Waals surface area (Å²) in [5.41, 5.74) is 0.900. The van der Waals surface area contributed by atoms with Gasteiger partial charge in [-0.25, -0.2) is 9.59 Å². The quantitative estimate of drug-likeness (QED) is 0.434. The van der Waals surface area contributed by atoms with Gasteiger partial charge in [0.1, 0.15) is 17.6 Å². The van der Waals surface area contributed by atoms with Gasteiger partial charge in [-0.2, -0.15) is 0 Å². The van der Waals surface area contributed by atoms with Gasteiger partial charge in [-0.15, -0.1) is 0 Å². The Hall–Kier alpha value is -3.14. The Kier molecular flexibility index (Phi) is 14.1. The monoisotopic (exact) mass is 424 g/mol. The first-order valence-electron chi connectivity index (χ1n) is 9.02. The highest BCUT2D eigenvalue weighted by Crippen LogP contribution is 2.11. The molecule has 0 spiro atoms. The van der Waals surface area contributed by atoms with E-state index < -0.39 is 12.1 Å². The standard InChI is InChI=1S/C10H12O3.C8H8O3.C3H8O3/c1-2-7-13-10(12)8-3-5-9(11)6-4-8;1-11-8(10)6-2-4-7(9)5-3-6;4-1-3(6)2-5/h3-6,11H,2,7H2,1H3;2-5,9H,1H3;3-6H,1-2H2. The normalized spacial score (nSPS) is 9.53. The summed E-state index contributed by atoms with van der Waals surface area (Å²) in [5.74, 6) is -0.462. The minimum atomic E-state index is -0.954. The van der Waals surface area contributed by atoms with E-state index >= 15 is 0 Å². The molecule has 0 aliphatic heterocycles. The van der Waals surface area contributed by atoms with Crippen molar-refractivity contribution in [3.8, 4) is 11.5 Å². The molecule has 0 atom stereocenters. The maximum Gasteiger partial charge on any atom is 0.338 e. The summed E-state index contributed by atoms with van der Waals surface area (Å²) in [6.45, 7) is 1.64. The van der Waals surface area contributed by atoms with Gasteiger partial charge in [0, 0.05) is 0 Å². The highest BCUT2D eigenvalue weighted by atomic mass is 16.5. The Morgan fingerprint density at radius 2 is 1.23 bits per heavy atom. The van der Waals surface area contributed by atoms with Crippen LogP contribution < -0.4 is 0 Å². The molecule has 9 heteroatoms. The van der Waals surface area contributed by atoms with Gasteiger partial charge < -0.3 is 35.0 Å². The highest BCUT2D eigenvalue weighted by Gasteiger charge is 2.05. The zero-order chi connectivity index (χ0) is 22.9. The molecular weight excluding hydrogens is 396 g/mol. The number of aliphatic hydroxyl groups excluding tert-OH is 3. The third kappa shape index (κ3) is 11.6. The molecule has 0 aliphatic rings. The van der Waals surface area contributed by atoms with E-state index in [2.05, 4.69) is 4.74 Å². The smallest absolute Gasteiger partial charge is 0.338 e. The maximum atomic E-state index is 11.2. The molecule has 0 aromatic heterocycles. The number of hydrogen-bond donors (Lipinski definition) is 5. The molecule has 0 aliphatic carbocycles. The topological polar surface area (TPSA) is 154 Å². The number of ether oxygens (including phenoxy) is 2. The Bertz CT molecular complexity index is 723. The second kappa shape index (κ2) is 15.7. The van der Waals surface area contributed by atoms with Crippen LogP contribution in [0.5, 0.6) is 11.5 Å². The fraction of sp³-hybridized carbons (Fsp3) is 0.333. The lowest BCUT2D eigenvalue weighted by molar-refractivity contribution is 0.0450. The van der Waals surface area contributed by atoms with Crippen LogP contribution in [0.1, 0.15) is 34.1 Å². The first kappa shape index (κ1) is 26.9. The average molecular weight is 424 g/mol. The average Bonchev–Trinajstić information content (AvgIpc) is 2.78. The number of hydrogen-bond acceptors (Lipinski definition) is 9. The number of carbonyl (C=O) groups excluding carboxylic acids is 2. The fourth-order valence-corrected chi connectivity index (χ4v) is 1.65. The Morgan fingerprint density at radius 3 is 1.53 bits per heavy atom. The van der Waals surface area contributed by atoms with Gasteiger partial charge >= 0.3 is 11.9 Å². The lowest BCUT2D eigenvalue weighted by atomic mass is 10.2. The van der Waals surface area contributed by atoms with Crippen LogP contribution in [0, 0.1) is 0 Å². The van der Waals surface area contributed by atoms with Gasteiger partial charge in [0.15, 0.2) is 0 Å². The van der Waals surface area contributed by atoms with Crippen LogP contribution >= 0.6 is 0 Å². The number of aromatic hydroxyl groups is 2. The number of phenols is 2. The zero-order valence-electron chi connectivity index (χ0n) is 16.9. The molecule has 0 saturated heterocycles. The van der Waals surface area contributed by atoms with Crippen LogP contribution in [0.4, 0.5) is 0 Å². The maximum absolute atomic E-state index is 11.2. The predicted molar refractivity (Wildman–Crippen MR) is 108 cm³/mol. The van der Waals surface area contributed by atoms with Gasteiger partial charge in [0.05, 0.1) is 38.1 Å². The van der Waals surface area contributed by atoms with Gasteiger partial charge in [-0.1, -0.05) is 6.92 Å². The minimum Gasteiger partial charge on any atom is -0.508 e. The molecule has 0 bridgehead atoms. The van der Waals surface area contributed by atoms with E-state index in [0.29, 0.717) is 17.7 Å². The van der Waals surface area contributed by atoms with E-state index in [0.717, 1.165) is 6.42 Å². The number of benzene rings is 2. The molecule has 9 nitrogen and oxygen atoms in total. The van der Waals surface area contributed by atoms with E-state index in [1.165, 1.54) is 55.6 Å². The van der Waals surface area contributed by atoms with Crippen LogP contribution in [-0.4, -0.2) is 70.5 Å². The molecule has 0 amide bonds. The van der Waals surface area contributed by atoms with Crippen molar-refractivity contribution < 1.29 is 44.6 Å². The molecule has 2 rings (SSSR count). The molecule has 0 fully saturated rings. The molecule has 0 unspecified atom stereocenters. The van der Waals surface area contributed by atoms with Crippen molar-refractivity contribution in [2.24, 2.45) is 0 Å². The second-order valence-electron chi connectivity index (χ2n) is 5.74. The Balaban J connectivity index is 0.000000450. The molecule has 0 radical (unpaired) electrons. The van der Waals surface area contributed by atoms with Gasteiger partial charge in [-0.05, 0) is 55.0 Å². The van der Waals surface area contributed by atoms with Gasteiger partial charge in [0.25, 0.3) is 0 Å². The number of phenolic OH excluding ortho intramolecular Hbond substituents is 2. The highest BCUT2D eigenvalue weighted by molar-refractivity contribution is 5.89. The van der Waals surface area contributed by atoms with Crippen molar-refractivity contribution in [3.05, 3.63) is 59.7 Å². The van der Waals surface area contributed by atoms with Gasteiger partial charge in [0.2, 0.25) is 0 Å². The molecule has 0 saturated carbocycles. The fourth-order valence-electron chi connectivity index (χ4n) is 1.65. The molecule has 0 heterocycles. The van der Waals surface area contributed by atoms with Gasteiger partial charge in [-0.3, -0.25) is 0 Å². The summed E-state index contributed by atoms with van der Waals surface area (Å²) in [4.78, 5) is 22.0.